The van der Waals surface area contributed by atoms with Crippen LogP contribution in [0.15, 0.2) is 54.7 Å². The molecule has 0 unspecified atom stereocenters. The zero-order chi connectivity index (χ0) is 17.2. The number of aromatic nitrogens is 2. The van der Waals surface area contributed by atoms with E-state index in [0.29, 0.717) is 23.2 Å². The van der Waals surface area contributed by atoms with E-state index in [1.54, 1.807) is 18.3 Å². The largest absolute Gasteiger partial charge is 0.350 e. The number of rotatable bonds is 3. The van der Waals surface area contributed by atoms with Gasteiger partial charge in [0.25, 0.3) is 0 Å². The Morgan fingerprint density at radius 3 is 2.84 bits per heavy atom. The molecule has 0 saturated carbocycles. The summed E-state index contributed by atoms with van der Waals surface area (Å²) in [5, 5.41) is 6.68. The first kappa shape index (κ1) is 15.6. The summed E-state index contributed by atoms with van der Waals surface area (Å²) in [7, 11) is 0. The fraction of sp³-hybridized carbons (Fsp3) is 0.105. The molecule has 1 amide bonds. The molecule has 4 rings (SSSR count). The van der Waals surface area contributed by atoms with Gasteiger partial charge >= 0.3 is 0 Å². The van der Waals surface area contributed by atoms with Gasteiger partial charge in [-0.2, -0.15) is 0 Å². The first-order valence-corrected chi connectivity index (χ1v) is 8.30. The Balaban J connectivity index is 1.69. The first-order valence-electron chi connectivity index (χ1n) is 7.92. The number of nitrogens with one attached hydrogen (secondary N) is 2. The third-order valence-corrected chi connectivity index (χ3v) is 4.25. The number of hydrogen-bond donors (Lipinski definition) is 2. The molecular formula is C19H15ClN4O. The molecule has 2 N–H and O–H groups in total. The summed E-state index contributed by atoms with van der Waals surface area (Å²) in [6.07, 6.45) is 1.94. The van der Waals surface area contributed by atoms with Crippen molar-refractivity contribution in [1.29, 1.82) is 0 Å². The molecule has 3 aromatic rings. The minimum absolute atomic E-state index is 0.101. The van der Waals surface area contributed by atoms with E-state index in [2.05, 4.69) is 20.6 Å². The highest BCUT2D eigenvalue weighted by atomic mass is 35.5. The maximum Gasteiger partial charge on any atom is 0.228 e. The molecule has 0 radical (unpaired) electrons. The molecule has 0 aliphatic carbocycles. The average Bonchev–Trinajstić information content (AvgIpc) is 2.75. The van der Waals surface area contributed by atoms with Gasteiger partial charge in [-0.3, -0.25) is 4.79 Å². The van der Waals surface area contributed by atoms with Crippen LogP contribution in [0, 0.1) is 0 Å². The lowest BCUT2D eigenvalue weighted by molar-refractivity contribution is -0.115. The van der Waals surface area contributed by atoms with E-state index in [-0.39, 0.29) is 12.3 Å². The summed E-state index contributed by atoms with van der Waals surface area (Å²) in [6.45, 7) is 0.629. The minimum atomic E-state index is -0.101. The number of anilines is 2. The maximum absolute atomic E-state index is 12.1. The molecule has 0 bridgehead atoms. The second-order valence-electron chi connectivity index (χ2n) is 5.82. The standard InChI is InChI=1S/C19H15ClN4O/c20-14-6-7-15-16(9-14)23-17(25)8-13-11-22-19(24-18(13)15)21-10-12-4-2-1-3-5-12/h1-7,9,11H,8,10H2,(H,23,25)(H,21,22,24). The van der Waals surface area contributed by atoms with Gasteiger partial charge in [-0.25, -0.2) is 9.97 Å². The van der Waals surface area contributed by atoms with Crippen molar-refractivity contribution < 1.29 is 4.79 Å². The fourth-order valence-electron chi connectivity index (χ4n) is 2.83. The van der Waals surface area contributed by atoms with Crippen LogP contribution in [0.1, 0.15) is 11.1 Å². The summed E-state index contributed by atoms with van der Waals surface area (Å²) in [4.78, 5) is 21.1. The first-order chi connectivity index (χ1) is 12.2. The van der Waals surface area contributed by atoms with Crippen molar-refractivity contribution in [3.63, 3.8) is 0 Å². The van der Waals surface area contributed by atoms with Crippen LogP contribution < -0.4 is 10.6 Å². The van der Waals surface area contributed by atoms with Crippen molar-refractivity contribution in [3.05, 3.63) is 70.9 Å². The topological polar surface area (TPSA) is 66.9 Å². The van der Waals surface area contributed by atoms with Crippen molar-refractivity contribution in [3.8, 4) is 11.3 Å². The number of fused-ring (bicyclic) bond motifs is 3. The molecule has 1 aromatic heterocycles. The summed E-state index contributed by atoms with van der Waals surface area (Å²) in [5.41, 5.74) is 4.20. The number of carbonyl (C=O) groups is 1. The Morgan fingerprint density at radius 2 is 2.00 bits per heavy atom. The zero-order valence-electron chi connectivity index (χ0n) is 13.3. The Kier molecular flexibility index (Phi) is 4.07. The van der Waals surface area contributed by atoms with E-state index in [9.17, 15) is 4.79 Å². The van der Waals surface area contributed by atoms with Crippen molar-refractivity contribution in [2.75, 3.05) is 10.6 Å². The predicted molar refractivity (Wildman–Crippen MR) is 98.6 cm³/mol. The average molecular weight is 351 g/mol. The van der Waals surface area contributed by atoms with Gasteiger partial charge in [-0.05, 0) is 23.8 Å². The molecule has 2 aromatic carbocycles. The number of benzene rings is 2. The van der Waals surface area contributed by atoms with Crippen LogP contribution in [0.2, 0.25) is 5.02 Å². The normalized spacial score (nSPS) is 12.6. The third-order valence-electron chi connectivity index (χ3n) is 4.02. The van der Waals surface area contributed by atoms with Crippen molar-refractivity contribution in [2.24, 2.45) is 0 Å². The molecular weight excluding hydrogens is 336 g/mol. The fourth-order valence-corrected chi connectivity index (χ4v) is 3.00. The number of amides is 1. The molecule has 0 fully saturated rings. The van der Waals surface area contributed by atoms with Crippen LogP contribution in [-0.4, -0.2) is 15.9 Å². The Hall–Kier alpha value is -2.92. The zero-order valence-corrected chi connectivity index (χ0v) is 14.0. The van der Waals surface area contributed by atoms with E-state index in [4.69, 9.17) is 11.6 Å². The Labute approximate surface area is 150 Å². The van der Waals surface area contributed by atoms with Crippen LogP contribution in [-0.2, 0) is 17.8 Å². The van der Waals surface area contributed by atoms with Crippen molar-refractivity contribution in [1.82, 2.24) is 9.97 Å². The highest BCUT2D eigenvalue weighted by molar-refractivity contribution is 6.31. The number of nitrogens with zero attached hydrogens (tertiary/aromatic N) is 2. The van der Waals surface area contributed by atoms with E-state index in [1.807, 2.05) is 36.4 Å². The lowest BCUT2D eigenvalue weighted by atomic mass is 10.1. The van der Waals surface area contributed by atoms with Gasteiger partial charge in [0.2, 0.25) is 11.9 Å². The number of halogens is 1. The second-order valence-corrected chi connectivity index (χ2v) is 6.26. The van der Waals surface area contributed by atoms with Crippen LogP contribution in [0.4, 0.5) is 11.6 Å². The molecule has 5 nitrogen and oxygen atoms in total. The Bertz CT molecular complexity index is 943. The van der Waals surface area contributed by atoms with Gasteiger partial charge in [0.05, 0.1) is 17.8 Å². The van der Waals surface area contributed by atoms with Gasteiger partial charge < -0.3 is 10.6 Å². The highest BCUT2D eigenvalue weighted by Gasteiger charge is 2.21. The van der Waals surface area contributed by atoms with Crippen LogP contribution in [0.3, 0.4) is 0 Å². The van der Waals surface area contributed by atoms with Crippen molar-refractivity contribution in [2.45, 2.75) is 13.0 Å². The maximum atomic E-state index is 12.1. The lowest BCUT2D eigenvalue weighted by Crippen LogP contribution is -2.13. The van der Waals surface area contributed by atoms with Crippen LogP contribution in [0.25, 0.3) is 11.3 Å². The van der Waals surface area contributed by atoms with Gasteiger partial charge in [-0.15, -0.1) is 0 Å². The molecule has 1 aliphatic heterocycles. The Morgan fingerprint density at radius 1 is 1.16 bits per heavy atom. The third kappa shape index (κ3) is 3.32. The van der Waals surface area contributed by atoms with E-state index in [1.165, 1.54) is 0 Å². The SMILES string of the molecule is O=C1Cc2cnc(NCc3ccccc3)nc2-c2ccc(Cl)cc2N1. The molecule has 25 heavy (non-hydrogen) atoms. The minimum Gasteiger partial charge on any atom is -0.350 e. The summed E-state index contributed by atoms with van der Waals surface area (Å²) in [5.74, 6) is 0.425. The van der Waals surface area contributed by atoms with Gasteiger partial charge in [-0.1, -0.05) is 41.9 Å². The van der Waals surface area contributed by atoms with Crippen LogP contribution in [0.5, 0.6) is 0 Å². The van der Waals surface area contributed by atoms with Crippen molar-refractivity contribution >= 4 is 29.1 Å². The number of carbonyl (C=O) groups excluding carboxylic acids is 1. The lowest BCUT2D eigenvalue weighted by Gasteiger charge is -2.10. The summed E-state index contributed by atoms with van der Waals surface area (Å²) in [6, 6.07) is 15.4. The van der Waals surface area contributed by atoms with E-state index >= 15 is 0 Å². The molecule has 6 heteroatoms. The molecule has 1 aliphatic rings. The second kappa shape index (κ2) is 6.53. The number of hydrogen-bond acceptors (Lipinski definition) is 4. The van der Waals surface area contributed by atoms with Gasteiger partial charge in [0, 0.05) is 28.9 Å². The van der Waals surface area contributed by atoms with Gasteiger partial charge in [0.15, 0.2) is 0 Å². The quantitative estimate of drug-likeness (QED) is 0.751. The summed E-state index contributed by atoms with van der Waals surface area (Å²) >= 11 is 6.06. The molecule has 2 heterocycles. The van der Waals surface area contributed by atoms with E-state index in [0.717, 1.165) is 22.4 Å². The molecule has 0 atom stereocenters. The van der Waals surface area contributed by atoms with Gasteiger partial charge in [0.1, 0.15) is 0 Å². The summed E-state index contributed by atoms with van der Waals surface area (Å²) < 4.78 is 0. The molecule has 0 spiro atoms. The van der Waals surface area contributed by atoms with Crippen LogP contribution >= 0.6 is 11.6 Å². The predicted octanol–water partition coefficient (Wildman–Crippen LogP) is 3.90. The monoisotopic (exact) mass is 350 g/mol. The highest BCUT2D eigenvalue weighted by Crippen LogP contribution is 2.34. The molecule has 0 saturated heterocycles. The molecule has 124 valence electrons. The smallest absolute Gasteiger partial charge is 0.228 e. The van der Waals surface area contributed by atoms with E-state index < -0.39 is 0 Å².